The number of nitrogens with zero attached hydrogens (tertiary/aromatic N) is 3. The number of halogens is 2. The SMILES string of the molecule is Brc1ccc2[nH]c3c(ccc4ccn(-c5ccccc5)c43)c2c1.O=[N+]([O-])c1ccc(Br)cc1-c1ccc2ccn(-c3ccccc3)c2c1.c1ccc(P(c2ccccc2)c2ccccc2)cc1. The Morgan fingerprint density at radius 3 is 1.58 bits per heavy atom. The molecule has 0 radical (unpaired) electrons. The molecule has 324 valence electrons. The first-order chi connectivity index (χ1) is 32.9. The van der Waals surface area contributed by atoms with Crippen LogP contribution in [0.2, 0.25) is 0 Å². The first-order valence-electron chi connectivity index (χ1n) is 21.7. The summed E-state index contributed by atoms with van der Waals surface area (Å²) in [5.74, 6) is 0. The Morgan fingerprint density at radius 1 is 0.478 bits per heavy atom. The van der Waals surface area contributed by atoms with Crippen LogP contribution in [0.15, 0.2) is 252 Å². The average molecular weight is 1020 g/mol. The number of aromatic amines is 1. The van der Waals surface area contributed by atoms with E-state index in [1.165, 1.54) is 54.9 Å². The summed E-state index contributed by atoms with van der Waals surface area (Å²) < 4.78 is 6.25. The molecule has 0 bridgehead atoms. The van der Waals surface area contributed by atoms with E-state index < -0.39 is 7.92 Å². The minimum atomic E-state index is -0.446. The molecular weight excluding hydrogens is 975 g/mol. The largest absolute Gasteiger partial charge is 0.353 e. The molecule has 0 fully saturated rings. The Balaban J connectivity index is 0.000000119. The van der Waals surface area contributed by atoms with Crippen LogP contribution in [-0.4, -0.2) is 19.0 Å². The minimum Gasteiger partial charge on any atom is -0.353 e. The number of para-hydroxylation sites is 2. The van der Waals surface area contributed by atoms with E-state index in [1.54, 1.807) is 12.1 Å². The van der Waals surface area contributed by atoms with Crippen molar-refractivity contribution in [3.8, 4) is 22.5 Å². The number of hydrogen-bond donors (Lipinski definition) is 1. The summed E-state index contributed by atoms with van der Waals surface area (Å²) >= 11 is 6.99. The molecule has 9 aromatic carbocycles. The van der Waals surface area contributed by atoms with Crippen molar-refractivity contribution in [2.24, 2.45) is 0 Å². The van der Waals surface area contributed by atoms with Gasteiger partial charge in [0.2, 0.25) is 0 Å². The Bertz CT molecular complexity index is 3540. The molecular formula is C58H41Br2N4O2P. The lowest BCUT2D eigenvalue weighted by molar-refractivity contribution is -0.384. The molecule has 3 heterocycles. The summed E-state index contributed by atoms with van der Waals surface area (Å²) in [5, 5.41) is 20.4. The van der Waals surface area contributed by atoms with Crippen molar-refractivity contribution in [2.75, 3.05) is 0 Å². The third-order valence-electron chi connectivity index (χ3n) is 11.7. The van der Waals surface area contributed by atoms with E-state index in [0.717, 1.165) is 36.6 Å². The normalized spacial score (nSPS) is 11.1. The number of benzene rings is 9. The number of hydrogen-bond acceptors (Lipinski definition) is 2. The van der Waals surface area contributed by atoms with Crippen LogP contribution in [0.1, 0.15) is 0 Å². The Labute approximate surface area is 406 Å². The van der Waals surface area contributed by atoms with Gasteiger partial charge in [0.1, 0.15) is 0 Å². The molecule has 0 amide bonds. The van der Waals surface area contributed by atoms with Gasteiger partial charge in [-0.3, -0.25) is 10.1 Å². The van der Waals surface area contributed by atoms with Gasteiger partial charge in [0.15, 0.2) is 0 Å². The lowest BCUT2D eigenvalue weighted by Crippen LogP contribution is -2.20. The predicted molar refractivity (Wildman–Crippen MR) is 289 cm³/mol. The van der Waals surface area contributed by atoms with Crippen molar-refractivity contribution in [1.82, 2.24) is 14.1 Å². The first-order valence-corrected chi connectivity index (χ1v) is 24.6. The van der Waals surface area contributed by atoms with Crippen LogP contribution in [0.5, 0.6) is 0 Å². The predicted octanol–water partition coefficient (Wildman–Crippen LogP) is 15.4. The summed E-state index contributed by atoms with van der Waals surface area (Å²) in [7, 11) is -0.446. The van der Waals surface area contributed by atoms with Crippen molar-refractivity contribution < 1.29 is 4.92 Å². The van der Waals surface area contributed by atoms with Gasteiger partial charge in [-0.05, 0) is 108 Å². The molecule has 0 aliphatic heterocycles. The van der Waals surface area contributed by atoms with Gasteiger partial charge < -0.3 is 14.1 Å². The Kier molecular flexibility index (Phi) is 12.8. The van der Waals surface area contributed by atoms with Crippen LogP contribution in [0.25, 0.3) is 66.1 Å². The molecule has 1 N–H and O–H groups in total. The smallest absolute Gasteiger partial charge is 0.277 e. The third kappa shape index (κ3) is 9.25. The number of nitro benzene ring substituents is 1. The maximum absolute atomic E-state index is 11.4. The molecule has 67 heavy (non-hydrogen) atoms. The number of nitrogens with one attached hydrogen (secondary N) is 1. The lowest BCUT2D eigenvalue weighted by atomic mass is 10.0. The molecule has 0 saturated carbocycles. The van der Waals surface area contributed by atoms with E-state index in [4.69, 9.17) is 0 Å². The molecule has 12 aromatic rings. The van der Waals surface area contributed by atoms with Gasteiger partial charge >= 0.3 is 0 Å². The second kappa shape index (κ2) is 19.6. The Hall–Kier alpha value is -7.35. The van der Waals surface area contributed by atoms with E-state index in [1.807, 2.05) is 66.9 Å². The molecule has 0 unspecified atom stereocenters. The van der Waals surface area contributed by atoms with E-state index >= 15 is 0 Å². The first kappa shape index (κ1) is 43.5. The van der Waals surface area contributed by atoms with Crippen LogP contribution in [0.4, 0.5) is 5.69 Å². The van der Waals surface area contributed by atoms with Crippen molar-refractivity contribution in [3.05, 3.63) is 262 Å². The highest BCUT2D eigenvalue weighted by Gasteiger charge is 2.18. The van der Waals surface area contributed by atoms with E-state index in [2.05, 4.69) is 204 Å². The van der Waals surface area contributed by atoms with Crippen molar-refractivity contribution in [1.29, 1.82) is 0 Å². The summed E-state index contributed by atoms with van der Waals surface area (Å²) in [6.07, 6.45) is 4.15. The molecule has 0 atom stereocenters. The van der Waals surface area contributed by atoms with Gasteiger partial charge in [-0.25, -0.2) is 0 Å². The van der Waals surface area contributed by atoms with Crippen molar-refractivity contribution in [2.45, 2.75) is 0 Å². The minimum absolute atomic E-state index is 0.0976. The van der Waals surface area contributed by atoms with Gasteiger partial charge in [0.25, 0.3) is 5.69 Å². The van der Waals surface area contributed by atoms with Crippen LogP contribution in [0.3, 0.4) is 0 Å². The highest BCUT2D eigenvalue weighted by atomic mass is 79.9. The second-order valence-electron chi connectivity index (χ2n) is 15.8. The van der Waals surface area contributed by atoms with Crippen molar-refractivity contribution >= 4 is 105 Å². The van der Waals surface area contributed by atoms with Crippen LogP contribution < -0.4 is 15.9 Å². The molecule has 0 saturated heterocycles. The fourth-order valence-electron chi connectivity index (χ4n) is 8.56. The fourth-order valence-corrected chi connectivity index (χ4v) is 11.6. The van der Waals surface area contributed by atoms with Gasteiger partial charge in [-0.2, -0.15) is 0 Å². The monoisotopic (exact) mass is 1010 g/mol. The maximum atomic E-state index is 11.4. The summed E-state index contributed by atoms with van der Waals surface area (Å²) in [5.41, 5.74) is 8.33. The molecule has 0 aliphatic carbocycles. The summed E-state index contributed by atoms with van der Waals surface area (Å²) in [6, 6.07) is 78.7. The zero-order chi connectivity index (χ0) is 45.7. The van der Waals surface area contributed by atoms with E-state index in [0.29, 0.717) is 5.56 Å². The van der Waals surface area contributed by atoms with Crippen LogP contribution in [0, 0.1) is 10.1 Å². The molecule has 0 aliphatic rings. The molecule has 9 heteroatoms. The highest BCUT2D eigenvalue weighted by Crippen LogP contribution is 2.37. The standard InChI is InChI=1S/C20H13BrN2O2.C20H13BrN2.C18H15P/c21-16-8-9-19(23(24)25)18(13-16)15-7-6-14-10-11-22(20(14)12-15)17-4-2-1-3-5-17;21-14-7-9-18-17(12-14)16-8-6-13-10-11-23(20(13)19(16)22-18)15-4-2-1-3-5-15;1-4-10-16(11-5-1)19(17-12-6-2-7-13-17)18-14-8-3-9-15-18/h1-13H;1-12,22H;1-15H. The Morgan fingerprint density at radius 2 is 0.985 bits per heavy atom. The number of aromatic nitrogens is 3. The summed E-state index contributed by atoms with van der Waals surface area (Å²) in [6.45, 7) is 0. The van der Waals surface area contributed by atoms with Gasteiger partial charge in [0, 0.05) is 60.5 Å². The van der Waals surface area contributed by atoms with Gasteiger partial charge in [-0.15, -0.1) is 0 Å². The molecule has 12 rings (SSSR count). The zero-order valence-electron chi connectivity index (χ0n) is 36.0. The quantitative estimate of drug-likeness (QED) is 0.0982. The summed E-state index contributed by atoms with van der Waals surface area (Å²) in [4.78, 5) is 14.7. The lowest BCUT2D eigenvalue weighted by Gasteiger charge is -2.18. The number of nitro groups is 1. The van der Waals surface area contributed by atoms with Crippen LogP contribution in [-0.2, 0) is 0 Å². The van der Waals surface area contributed by atoms with Crippen LogP contribution >= 0.6 is 39.8 Å². The third-order valence-corrected chi connectivity index (χ3v) is 15.1. The number of rotatable bonds is 7. The highest BCUT2D eigenvalue weighted by molar-refractivity contribution is 9.10. The van der Waals surface area contributed by atoms with Gasteiger partial charge in [0.05, 0.1) is 27.0 Å². The molecule has 6 nitrogen and oxygen atoms in total. The van der Waals surface area contributed by atoms with Crippen molar-refractivity contribution in [3.63, 3.8) is 0 Å². The zero-order valence-corrected chi connectivity index (χ0v) is 40.0. The topological polar surface area (TPSA) is 68.8 Å². The molecule has 0 spiro atoms. The van der Waals surface area contributed by atoms with E-state index in [-0.39, 0.29) is 10.6 Å². The van der Waals surface area contributed by atoms with E-state index in [9.17, 15) is 10.1 Å². The maximum Gasteiger partial charge on any atom is 0.277 e. The molecule has 3 aromatic heterocycles. The van der Waals surface area contributed by atoms with Gasteiger partial charge in [-0.1, -0.05) is 184 Å². The second-order valence-corrected chi connectivity index (χ2v) is 19.9. The average Bonchev–Trinajstić information content (AvgIpc) is 4.11. The number of fused-ring (bicyclic) bond motifs is 6. The number of H-pyrrole nitrogens is 1. The fraction of sp³-hybridized carbons (Fsp3) is 0.